The molecule has 0 aromatic carbocycles. The van der Waals surface area contributed by atoms with Crippen molar-refractivity contribution in [3.05, 3.63) is 24.0 Å². The van der Waals surface area contributed by atoms with Crippen LogP contribution in [0.1, 0.15) is 39.2 Å². The number of nitrogens with zero attached hydrogens (tertiary/aromatic N) is 2. The molecule has 1 aliphatic heterocycles. The monoisotopic (exact) mass is 260 g/mol. The van der Waals surface area contributed by atoms with Gasteiger partial charge in [0.1, 0.15) is 5.84 Å². The van der Waals surface area contributed by atoms with Crippen LogP contribution in [0, 0.1) is 16.7 Å². The number of pyridine rings is 1. The SMILES string of the molecule is CC(C)(C)C1CCN(c2cnccc2C(=N)N)CC1. The third-order valence-electron chi connectivity index (χ3n) is 4.15. The van der Waals surface area contributed by atoms with Crippen LogP contribution in [0.5, 0.6) is 0 Å². The molecule has 1 fully saturated rings. The molecule has 2 rings (SSSR count). The van der Waals surface area contributed by atoms with E-state index in [0.717, 1.165) is 30.3 Å². The number of nitrogens with two attached hydrogens (primary N) is 1. The average molecular weight is 260 g/mol. The summed E-state index contributed by atoms with van der Waals surface area (Å²) < 4.78 is 0. The van der Waals surface area contributed by atoms with E-state index in [-0.39, 0.29) is 5.84 Å². The third kappa shape index (κ3) is 3.06. The first kappa shape index (κ1) is 13.8. The molecule has 0 aliphatic carbocycles. The van der Waals surface area contributed by atoms with Crippen LogP contribution >= 0.6 is 0 Å². The second-order valence-electron chi connectivity index (χ2n) is 6.43. The summed E-state index contributed by atoms with van der Waals surface area (Å²) in [4.78, 5) is 6.49. The molecule has 1 aliphatic rings. The lowest BCUT2D eigenvalue weighted by Crippen LogP contribution is -2.39. The molecule has 1 aromatic heterocycles. The molecule has 0 radical (unpaired) electrons. The van der Waals surface area contributed by atoms with Crippen LogP contribution in [-0.4, -0.2) is 23.9 Å². The van der Waals surface area contributed by atoms with Crippen molar-refractivity contribution in [3.63, 3.8) is 0 Å². The van der Waals surface area contributed by atoms with Gasteiger partial charge in [-0.05, 0) is 30.2 Å². The van der Waals surface area contributed by atoms with E-state index in [1.165, 1.54) is 12.8 Å². The van der Waals surface area contributed by atoms with Crippen molar-refractivity contribution in [2.24, 2.45) is 17.1 Å². The highest BCUT2D eigenvalue weighted by molar-refractivity contribution is 6.00. The van der Waals surface area contributed by atoms with Crippen molar-refractivity contribution in [1.82, 2.24) is 4.98 Å². The van der Waals surface area contributed by atoms with E-state index in [4.69, 9.17) is 11.1 Å². The van der Waals surface area contributed by atoms with Gasteiger partial charge in [0, 0.05) is 24.8 Å². The maximum Gasteiger partial charge on any atom is 0.125 e. The van der Waals surface area contributed by atoms with E-state index in [9.17, 15) is 0 Å². The predicted octanol–water partition coefficient (Wildman–Crippen LogP) is 2.63. The van der Waals surface area contributed by atoms with Gasteiger partial charge in [0.05, 0.1) is 11.9 Å². The van der Waals surface area contributed by atoms with Gasteiger partial charge in [-0.25, -0.2) is 0 Å². The first-order valence-electron chi connectivity index (χ1n) is 6.93. The van der Waals surface area contributed by atoms with Crippen molar-refractivity contribution in [1.29, 1.82) is 5.41 Å². The zero-order valence-electron chi connectivity index (χ0n) is 12.1. The molecule has 0 spiro atoms. The van der Waals surface area contributed by atoms with Crippen molar-refractivity contribution < 1.29 is 0 Å². The van der Waals surface area contributed by atoms with Gasteiger partial charge in [0.25, 0.3) is 0 Å². The zero-order chi connectivity index (χ0) is 14.0. The van der Waals surface area contributed by atoms with Gasteiger partial charge in [-0.3, -0.25) is 10.4 Å². The molecule has 19 heavy (non-hydrogen) atoms. The number of piperidine rings is 1. The number of anilines is 1. The Morgan fingerprint density at radius 2 is 2.00 bits per heavy atom. The minimum Gasteiger partial charge on any atom is -0.384 e. The number of aromatic nitrogens is 1. The highest BCUT2D eigenvalue weighted by Crippen LogP contribution is 2.35. The lowest BCUT2D eigenvalue weighted by Gasteiger charge is -2.40. The largest absolute Gasteiger partial charge is 0.384 e. The van der Waals surface area contributed by atoms with Gasteiger partial charge in [0.15, 0.2) is 0 Å². The van der Waals surface area contributed by atoms with Crippen molar-refractivity contribution >= 4 is 11.5 Å². The van der Waals surface area contributed by atoms with Gasteiger partial charge in [0.2, 0.25) is 0 Å². The first-order valence-corrected chi connectivity index (χ1v) is 6.93. The molecule has 1 aromatic rings. The average Bonchev–Trinajstić information content (AvgIpc) is 2.38. The Kier molecular flexibility index (Phi) is 3.78. The number of hydrogen-bond acceptors (Lipinski definition) is 3. The lowest BCUT2D eigenvalue weighted by molar-refractivity contribution is 0.199. The quantitative estimate of drug-likeness (QED) is 0.634. The van der Waals surface area contributed by atoms with Gasteiger partial charge < -0.3 is 10.6 Å². The number of nitrogens with one attached hydrogen (secondary N) is 1. The Morgan fingerprint density at radius 3 is 2.53 bits per heavy atom. The molecule has 0 amide bonds. The molecule has 0 saturated carbocycles. The van der Waals surface area contributed by atoms with E-state index in [0.29, 0.717) is 5.41 Å². The van der Waals surface area contributed by atoms with Gasteiger partial charge >= 0.3 is 0 Å². The smallest absolute Gasteiger partial charge is 0.125 e. The molecular formula is C15H24N4. The Bertz CT molecular complexity index is 453. The van der Waals surface area contributed by atoms with Crippen LogP contribution in [0.25, 0.3) is 0 Å². The summed E-state index contributed by atoms with van der Waals surface area (Å²) >= 11 is 0. The Morgan fingerprint density at radius 1 is 1.37 bits per heavy atom. The topological polar surface area (TPSA) is 66.0 Å². The lowest BCUT2D eigenvalue weighted by atomic mass is 9.75. The van der Waals surface area contributed by atoms with Crippen LogP contribution in [0.15, 0.2) is 18.5 Å². The normalized spacial score (nSPS) is 17.5. The van der Waals surface area contributed by atoms with Gasteiger partial charge in [-0.15, -0.1) is 0 Å². The van der Waals surface area contributed by atoms with Crippen LogP contribution in [-0.2, 0) is 0 Å². The fourth-order valence-electron chi connectivity index (χ4n) is 2.85. The maximum absolute atomic E-state index is 7.66. The van der Waals surface area contributed by atoms with Crippen LogP contribution in [0.4, 0.5) is 5.69 Å². The maximum atomic E-state index is 7.66. The molecule has 0 atom stereocenters. The van der Waals surface area contributed by atoms with E-state index in [1.54, 1.807) is 6.20 Å². The predicted molar refractivity (Wildman–Crippen MR) is 79.6 cm³/mol. The summed E-state index contributed by atoms with van der Waals surface area (Å²) in [7, 11) is 0. The molecule has 104 valence electrons. The minimum atomic E-state index is 0.121. The van der Waals surface area contributed by atoms with Crippen molar-refractivity contribution in [3.8, 4) is 0 Å². The summed E-state index contributed by atoms with van der Waals surface area (Å²) in [5.74, 6) is 0.886. The van der Waals surface area contributed by atoms with Crippen LogP contribution in [0.3, 0.4) is 0 Å². The molecule has 2 heterocycles. The Balaban J connectivity index is 2.12. The molecule has 3 N–H and O–H groups in total. The van der Waals surface area contributed by atoms with E-state index >= 15 is 0 Å². The standard InChI is InChI=1S/C15H24N4/c1-15(2,3)11-5-8-19(9-6-11)13-10-18-7-4-12(13)14(16)17/h4,7,10-11H,5-6,8-9H2,1-3H3,(H3,16,17). The number of amidine groups is 1. The summed E-state index contributed by atoms with van der Waals surface area (Å²) in [6.07, 6.45) is 5.90. The zero-order valence-corrected chi connectivity index (χ0v) is 12.1. The number of nitrogen functional groups attached to an aromatic ring is 1. The third-order valence-corrected chi connectivity index (χ3v) is 4.15. The van der Waals surface area contributed by atoms with E-state index in [2.05, 4.69) is 30.7 Å². The summed E-state index contributed by atoms with van der Waals surface area (Å²) in [6, 6.07) is 1.83. The number of rotatable bonds is 2. The van der Waals surface area contributed by atoms with Gasteiger partial charge in [-0.2, -0.15) is 0 Å². The molecular weight excluding hydrogens is 236 g/mol. The van der Waals surface area contributed by atoms with Crippen molar-refractivity contribution in [2.45, 2.75) is 33.6 Å². The van der Waals surface area contributed by atoms with Crippen molar-refractivity contribution in [2.75, 3.05) is 18.0 Å². The Labute approximate surface area is 115 Å². The summed E-state index contributed by atoms with van der Waals surface area (Å²) in [5, 5.41) is 7.66. The van der Waals surface area contributed by atoms with E-state index < -0.39 is 0 Å². The molecule has 1 saturated heterocycles. The van der Waals surface area contributed by atoms with Gasteiger partial charge in [-0.1, -0.05) is 20.8 Å². The molecule has 0 bridgehead atoms. The second kappa shape index (κ2) is 5.19. The highest BCUT2D eigenvalue weighted by Gasteiger charge is 2.29. The molecule has 4 nitrogen and oxygen atoms in total. The minimum absolute atomic E-state index is 0.121. The summed E-state index contributed by atoms with van der Waals surface area (Å²) in [5.41, 5.74) is 7.82. The fraction of sp³-hybridized carbons (Fsp3) is 0.600. The summed E-state index contributed by atoms with van der Waals surface area (Å²) in [6.45, 7) is 9.00. The highest BCUT2D eigenvalue weighted by atomic mass is 15.1. The first-order chi connectivity index (χ1) is 8.89. The fourth-order valence-corrected chi connectivity index (χ4v) is 2.85. The second-order valence-corrected chi connectivity index (χ2v) is 6.43. The van der Waals surface area contributed by atoms with Crippen LogP contribution in [0.2, 0.25) is 0 Å². The molecule has 4 heteroatoms. The van der Waals surface area contributed by atoms with E-state index in [1.807, 2.05) is 12.3 Å². The Hall–Kier alpha value is -1.58. The van der Waals surface area contributed by atoms with Crippen LogP contribution < -0.4 is 10.6 Å². The number of hydrogen-bond donors (Lipinski definition) is 2. The molecule has 0 unspecified atom stereocenters.